The first-order valence-electron chi connectivity index (χ1n) is 9.80. The van der Waals surface area contributed by atoms with Gasteiger partial charge < -0.3 is 4.74 Å². The molecular formula is C24H20ClN3O2S. The van der Waals surface area contributed by atoms with E-state index < -0.39 is 0 Å². The predicted octanol–water partition coefficient (Wildman–Crippen LogP) is 5.94. The van der Waals surface area contributed by atoms with E-state index in [1.54, 1.807) is 17.3 Å². The second-order valence-corrected chi connectivity index (χ2v) is 8.20. The Morgan fingerprint density at radius 3 is 2.74 bits per heavy atom. The molecule has 0 aliphatic carbocycles. The lowest BCUT2D eigenvalue weighted by Gasteiger charge is -2.11. The highest BCUT2D eigenvalue weighted by molar-refractivity contribution is 8.18. The van der Waals surface area contributed by atoms with Crippen molar-refractivity contribution in [2.45, 2.75) is 13.5 Å². The zero-order chi connectivity index (χ0) is 21.6. The Morgan fingerprint density at radius 2 is 2.00 bits per heavy atom. The number of carbonyl (C=O) groups is 1. The molecule has 1 saturated heterocycles. The molecule has 31 heavy (non-hydrogen) atoms. The van der Waals surface area contributed by atoms with Gasteiger partial charge in [-0.2, -0.15) is 0 Å². The van der Waals surface area contributed by atoms with E-state index in [2.05, 4.69) is 9.98 Å². The molecule has 4 rings (SSSR count). The van der Waals surface area contributed by atoms with Crippen LogP contribution in [0.3, 0.4) is 0 Å². The lowest BCUT2D eigenvalue weighted by atomic mass is 10.2. The number of nitrogens with zero attached hydrogens (tertiary/aromatic N) is 3. The summed E-state index contributed by atoms with van der Waals surface area (Å²) in [6, 6.07) is 18.9. The molecule has 0 unspecified atom stereocenters. The predicted molar refractivity (Wildman–Crippen MR) is 127 cm³/mol. The fourth-order valence-corrected chi connectivity index (χ4v) is 4.18. The number of amides is 1. The summed E-state index contributed by atoms with van der Waals surface area (Å²) in [5.74, 6) is 0.680. The maximum absolute atomic E-state index is 12.9. The van der Waals surface area contributed by atoms with Crippen LogP contribution < -0.4 is 4.74 Å². The molecule has 7 heteroatoms. The number of thioether (sulfide) groups is 1. The molecule has 2 heterocycles. The van der Waals surface area contributed by atoms with Crippen molar-refractivity contribution in [2.24, 2.45) is 4.99 Å². The summed E-state index contributed by atoms with van der Waals surface area (Å²) in [4.78, 5) is 23.8. The van der Waals surface area contributed by atoms with Gasteiger partial charge in [0, 0.05) is 17.8 Å². The molecule has 0 N–H and O–H groups in total. The van der Waals surface area contributed by atoms with Gasteiger partial charge in [-0.15, -0.1) is 0 Å². The summed E-state index contributed by atoms with van der Waals surface area (Å²) in [6.07, 6.45) is 5.24. The van der Waals surface area contributed by atoms with Crippen LogP contribution in [0.25, 0.3) is 6.08 Å². The number of carbonyl (C=O) groups excluding carboxylic acids is 1. The Morgan fingerprint density at radius 1 is 1.16 bits per heavy atom. The lowest BCUT2D eigenvalue weighted by Crippen LogP contribution is -2.28. The van der Waals surface area contributed by atoms with Gasteiger partial charge in [-0.3, -0.25) is 14.7 Å². The van der Waals surface area contributed by atoms with Gasteiger partial charge in [-0.1, -0.05) is 35.9 Å². The first kappa shape index (κ1) is 21.2. The molecule has 2 aromatic carbocycles. The normalized spacial score (nSPS) is 16.3. The topological polar surface area (TPSA) is 54.8 Å². The number of amidine groups is 1. The summed E-state index contributed by atoms with van der Waals surface area (Å²) in [5.41, 5.74) is 2.64. The number of rotatable bonds is 6. The quantitative estimate of drug-likeness (QED) is 0.437. The number of likely N-dealkylation sites (N-methyl/N-ethyl adjacent to an activating group) is 1. The molecule has 1 aromatic heterocycles. The number of hydrogen-bond donors (Lipinski definition) is 0. The SMILES string of the molecule is CCN1C(=O)/C(=C/c2cccc(OCc3ccc(Cl)cc3)c2)SC1=Nc1cccnc1. The fraction of sp³-hybridized carbons (Fsp3) is 0.125. The van der Waals surface area contributed by atoms with Crippen molar-refractivity contribution in [3.63, 3.8) is 0 Å². The van der Waals surface area contributed by atoms with E-state index in [-0.39, 0.29) is 5.91 Å². The highest BCUT2D eigenvalue weighted by atomic mass is 35.5. The van der Waals surface area contributed by atoms with Crippen molar-refractivity contribution in [3.8, 4) is 5.75 Å². The van der Waals surface area contributed by atoms with E-state index in [9.17, 15) is 4.79 Å². The Kier molecular flexibility index (Phi) is 6.70. The van der Waals surface area contributed by atoms with Crippen LogP contribution >= 0.6 is 23.4 Å². The van der Waals surface area contributed by atoms with Crippen molar-refractivity contribution in [2.75, 3.05) is 6.54 Å². The van der Waals surface area contributed by atoms with E-state index in [4.69, 9.17) is 16.3 Å². The van der Waals surface area contributed by atoms with Crippen molar-refractivity contribution in [3.05, 3.63) is 94.1 Å². The average Bonchev–Trinajstić information content (AvgIpc) is 3.08. The summed E-state index contributed by atoms with van der Waals surface area (Å²) < 4.78 is 5.90. The van der Waals surface area contributed by atoms with Crippen molar-refractivity contribution in [1.82, 2.24) is 9.88 Å². The third-order valence-electron chi connectivity index (χ3n) is 4.55. The molecule has 0 spiro atoms. The largest absolute Gasteiger partial charge is 0.489 e. The second kappa shape index (κ2) is 9.81. The number of benzene rings is 2. The van der Waals surface area contributed by atoms with E-state index in [1.807, 2.05) is 73.7 Å². The monoisotopic (exact) mass is 449 g/mol. The van der Waals surface area contributed by atoms with Crippen LogP contribution in [0, 0.1) is 0 Å². The summed E-state index contributed by atoms with van der Waals surface area (Å²) in [7, 11) is 0. The van der Waals surface area contributed by atoms with Crippen LogP contribution in [0.1, 0.15) is 18.1 Å². The molecule has 0 saturated carbocycles. The number of ether oxygens (including phenoxy) is 1. The third kappa shape index (κ3) is 5.34. The summed E-state index contributed by atoms with van der Waals surface area (Å²) >= 11 is 7.29. The smallest absolute Gasteiger partial charge is 0.266 e. The van der Waals surface area contributed by atoms with Crippen LogP contribution in [0.2, 0.25) is 5.02 Å². The third-order valence-corrected chi connectivity index (χ3v) is 5.81. The van der Waals surface area contributed by atoms with Gasteiger partial charge in [0.05, 0.1) is 16.8 Å². The molecule has 1 amide bonds. The van der Waals surface area contributed by atoms with Gasteiger partial charge in [0.2, 0.25) is 0 Å². The van der Waals surface area contributed by atoms with Crippen molar-refractivity contribution in [1.29, 1.82) is 0 Å². The first-order chi connectivity index (χ1) is 15.1. The Labute approximate surface area is 190 Å². The highest BCUT2D eigenvalue weighted by Gasteiger charge is 2.32. The number of aliphatic imine (C=N–C) groups is 1. The zero-order valence-electron chi connectivity index (χ0n) is 16.9. The van der Waals surface area contributed by atoms with Crippen LogP contribution in [-0.2, 0) is 11.4 Å². The molecular weight excluding hydrogens is 430 g/mol. The molecule has 0 atom stereocenters. The minimum absolute atomic E-state index is 0.0531. The van der Waals surface area contributed by atoms with Gasteiger partial charge in [-0.25, -0.2) is 4.99 Å². The van der Waals surface area contributed by atoms with E-state index in [0.717, 1.165) is 22.6 Å². The molecule has 0 bridgehead atoms. The highest BCUT2D eigenvalue weighted by Crippen LogP contribution is 2.34. The Bertz CT molecular complexity index is 1130. The van der Waals surface area contributed by atoms with E-state index in [0.29, 0.717) is 28.2 Å². The minimum atomic E-state index is -0.0531. The molecule has 1 aliphatic rings. The molecule has 3 aromatic rings. The van der Waals surface area contributed by atoms with Crippen LogP contribution in [0.4, 0.5) is 5.69 Å². The van der Waals surface area contributed by atoms with E-state index in [1.165, 1.54) is 11.8 Å². The second-order valence-electron chi connectivity index (χ2n) is 6.75. The maximum atomic E-state index is 12.9. The van der Waals surface area contributed by atoms with Crippen molar-refractivity contribution < 1.29 is 9.53 Å². The number of halogens is 1. The van der Waals surface area contributed by atoms with Gasteiger partial charge in [-0.05, 0) is 72.3 Å². The molecule has 1 aliphatic heterocycles. The lowest BCUT2D eigenvalue weighted by molar-refractivity contribution is -0.122. The van der Waals surface area contributed by atoms with Crippen LogP contribution in [-0.4, -0.2) is 27.5 Å². The van der Waals surface area contributed by atoms with Gasteiger partial charge in [0.15, 0.2) is 5.17 Å². The standard InChI is InChI=1S/C24H20ClN3O2S/c1-2-28-23(29)22(31-24(28)27-20-6-4-12-26-15-20)14-18-5-3-7-21(13-18)30-16-17-8-10-19(25)11-9-17/h3-15H,2,16H2,1H3/b22-14-,27-24?. The summed E-state index contributed by atoms with van der Waals surface area (Å²) in [5, 5.41) is 1.35. The Balaban J connectivity index is 1.51. The van der Waals surface area contributed by atoms with Gasteiger partial charge in [0.1, 0.15) is 12.4 Å². The zero-order valence-corrected chi connectivity index (χ0v) is 18.4. The molecule has 0 radical (unpaired) electrons. The van der Waals surface area contributed by atoms with Crippen molar-refractivity contribution >= 4 is 46.2 Å². The number of hydrogen-bond acceptors (Lipinski definition) is 5. The molecule has 156 valence electrons. The fourth-order valence-electron chi connectivity index (χ4n) is 2.99. The van der Waals surface area contributed by atoms with Gasteiger partial charge >= 0.3 is 0 Å². The van der Waals surface area contributed by atoms with Crippen LogP contribution in [0.15, 0.2) is 83.0 Å². The average molecular weight is 450 g/mol. The van der Waals surface area contributed by atoms with Crippen LogP contribution in [0.5, 0.6) is 5.75 Å². The summed E-state index contributed by atoms with van der Waals surface area (Å²) in [6.45, 7) is 2.92. The maximum Gasteiger partial charge on any atom is 0.266 e. The van der Waals surface area contributed by atoms with Gasteiger partial charge in [0.25, 0.3) is 5.91 Å². The molecule has 5 nitrogen and oxygen atoms in total. The number of aromatic nitrogens is 1. The Hall–Kier alpha value is -3.09. The van der Waals surface area contributed by atoms with E-state index >= 15 is 0 Å². The minimum Gasteiger partial charge on any atom is -0.489 e. The molecule has 1 fully saturated rings. The number of pyridine rings is 1. The first-order valence-corrected chi connectivity index (χ1v) is 11.0.